The fraction of sp³-hybridized carbons (Fsp3) is 0.571. The van der Waals surface area contributed by atoms with Crippen LogP contribution in [0.3, 0.4) is 0 Å². The van der Waals surface area contributed by atoms with Crippen molar-refractivity contribution in [2.24, 2.45) is 5.73 Å². The standard InChI is InChI=1S/C14H24N2/c1-13(2,11-16-14(3,4)10-15)12-8-6-5-7-9-12/h5-9,16H,10-11,15H2,1-4H3. The molecule has 16 heavy (non-hydrogen) atoms. The van der Waals surface area contributed by atoms with Gasteiger partial charge < -0.3 is 11.1 Å². The minimum Gasteiger partial charge on any atom is -0.329 e. The van der Waals surface area contributed by atoms with E-state index in [1.54, 1.807) is 0 Å². The largest absolute Gasteiger partial charge is 0.329 e. The van der Waals surface area contributed by atoms with Crippen molar-refractivity contribution in [1.29, 1.82) is 0 Å². The Morgan fingerprint density at radius 3 is 2.12 bits per heavy atom. The maximum Gasteiger partial charge on any atom is 0.0247 e. The van der Waals surface area contributed by atoms with Gasteiger partial charge in [0, 0.05) is 24.0 Å². The van der Waals surface area contributed by atoms with Crippen LogP contribution in [0.25, 0.3) is 0 Å². The Labute approximate surface area is 99.2 Å². The Morgan fingerprint density at radius 2 is 1.62 bits per heavy atom. The lowest BCUT2D eigenvalue weighted by molar-refractivity contribution is 0.347. The summed E-state index contributed by atoms with van der Waals surface area (Å²) in [5.74, 6) is 0. The number of rotatable bonds is 5. The molecule has 0 radical (unpaired) electrons. The lowest BCUT2D eigenvalue weighted by Gasteiger charge is -2.32. The van der Waals surface area contributed by atoms with Gasteiger partial charge in [-0.1, -0.05) is 44.2 Å². The molecule has 0 saturated carbocycles. The van der Waals surface area contributed by atoms with Gasteiger partial charge in [0.2, 0.25) is 0 Å². The second-order valence-corrected chi connectivity index (χ2v) is 5.69. The monoisotopic (exact) mass is 220 g/mol. The van der Waals surface area contributed by atoms with Crippen LogP contribution in [0.4, 0.5) is 0 Å². The molecule has 1 rings (SSSR count). The van der Waals surface area contributed by atoms with Crippen LogP contribution in [0.15, 0.2) is 30.3 Å². The molecule has 0 fully saturated rings. The molecule has 3 N–H and O–H groups in total. The van der Waals surface area contributed by atoms with Gasteiger partial charge in [0.25, 0.3) is 0 Å². The van der Waals surface area contributed by atoms with Gasteiger partial charge in [0.05, 0.1) is 0 Å². The van der Waals surface area contributed by atoms with E-state index in [0.717, 1.165) is 6.54 Å². The van der Waals surface area contributed by atoms with Crippen LogP contribution < -0.4 is 11.1 Å². The summed E-state index contributed by atoms with van der Waals surface area (Å²) in [4.78, 5) is 0. The van der Waals surface area contributed by atoms with Gasteiger partial charge >= 0.3 is 0 Å². The Hall–Kier alpha value is -0.860. The Kier molecular flexibility index (Phi) is 4.11. The summed E-state index contributed by atoms with van der Waals surface area (Å²) >= 11 is 0. The van der Waals surface area contributed by atoms with Crippen molar-refractivity contribution in [3.63, 3.8) is 0 Å². The molecule has 0 atom stereocenters. The van der Waals surface area contributed by atoms with Gasteiger partial charge in [-0.05, 0) is 19.4 Å². The van der Waals surface area contributed by atoms with E-state index in [0.29, 0.717) is 6.54 Å². The normalized spacial score (nSPS) is 12.8. The molecule has 2 heteroatoms. The van der Waals surface area contributed by atoms with E-state index in [9.17, 15) is 0 Å². The number of benzene rings is 1. The zero-order valence-corrected chi connectivity index (χ0v) is 10.9. The molecule has 0 aliphatic rings. The average molecular weight is 220 g/mol. The third-order valence-corrected chi connectivity index (χ3v) is 3.07. The highest BCUT2D eigenvalue weighted by Gasteiger charge is 2.23. The molecule has 0 aliphatic heterocycles. The first-order valence-electron chi connectivity index (χ1n) is 5.88. The maximum atomic E-state index is 5.71. The molecule has 0 unspecified atom stereocenters. The van der Waals surface area contributed by atoms with Gasteiger partial charge in [0.15, 0.2) is 0 Å². The van der Waals surface area contributed by atoms with Crippen LogP contribution in [-0.4, -0.2) is 18.6 Å². The second-order valence-electron chi connectivity index (χ2n) is 5.69. The molecule has 0 heterocycles. The van der Waals surface area contributed by atoms with Crippen LogP contribution in [0.1, 0.15) is 33.3 Å². The van der Waals surface area contributed by atoms with Gasteiger partial charge in [0.1, 0.15) is 0 Å². The predicted molar refractivity (Wildman–Crippen MR) is 70.6 cm³/mol. The first-order chi connectivity index (χ1) is 7.37. The van der Waals surface area contributed by atoms with E-state index >= 15 is 0 Å². The minimum absolute atomic E-state index is 0.00600. The molecule has 2 nitrogen and oxygen atoms in total. The first kappa shape index (κ1) is 13.2. The fourth-order valence-electron chi connectivity index (χ4n) is 1.52. The summed E-state index contributed by atoms with van der Waals surface area (Å²) in [7, 11) is 0. The molecule has 1 aromatic rings. The molecule has 0 aromatic heterocycles. The number of hydrogen-bond acceptors (Lipinski definition) is 2. The van der Waals surface area contributed by atoms with Crippen LogP contribution in [0, 0.1) is 0 Å². The van der Waals surface area contributed by atoms with E-state index in [1.807, 2.05) is 0 Å². The zero-order valence-electron chi connectivity index (χ0n) is 10.9. The smallest absolute Gasteiger partial charge is 0.0247 e. The van der Waals surface area contributed by atoms with Gasteiger partial charge in [-0.15, -0.1) is 0 Å². The number of nitrogens with one attached hydrogen (secondary N) is 1. The lowest BCUT2D eigenvalue weighted by atomic mass is 9.84. The van der Waals surface area contributed by atoms with Crippen LogP contribution in [-0.2, 0) is 5.41 Å². The van der Waals surface area contributed by atoms with Crippen molar-refractivity contribution < 1.29 is 0 Å². The highest BCUT2D eigenvalue weighted by Crippen LogP contribution is 2.22. The summed E-state index contributed by atoms with van der Waals surface area (Å²) in [5, 5.41) is 3.52. The topological polar surface area (TPSA) is 38.0 Å². The Morgan fingerprint density at radius 1 is 1.06 bits per heavy atom. The SMILES string of the molecule is CC(C)(CN)NCC(C)(C)c1ccccc1. The lowest BCUT2D eigenvalue weighted by Crippen LogP contribution is -2.50. The van der Waals surface area contributed by atoms with Crippen LogP contribution in [0.2, 0.25) is 0 Å². The summed E-state index contributed by atoms with van der Waals surface area (Å²) in [6, 6.07) is 10.6. The van der Waals surface area contributed by atoms with Crippen molar-refractivity contribution >= 4 is 0 Å². The van der Waals surface area contributed by atoms with Crippen molar-refractivity contribution in [3.05, 3.63) is 35.9 Å². The molecular weight excluding hydrogens is 196 g/mol. The van der Waals surface area contributed by atoms with Crippen LogP contribution in [0.5, 0.6) is 0 Å². The zero-order chi connectivity index (χ0) is 12.2. The van der Waals surface area contributed by atoms with E-state index in [4.69, 9.17) is 5.73 Å². The van der Waals surface area contributed by atoms with E-state index < -0.39 is 0 Å². The molecule has 0 amide bonds. The fourth-order valence-corrected chi connectivity index (χ4v) is 1.52. The van der Waals surface area contributed by atoms with Crippen molar-refractivity contribution in [2.75, 3.05) is 13.1 Å². The molecule has 90 valence electrons. The van der Waals surface area contributed by atoms with Gasteiger partial charge in [-0.2, -0.15) is 0 Å². The second kappa shape index (κ2) is 4.98. The molecule has 0 bridgehead atoms. The number of nitrogens with two attached hydrogens (primary N) is 1. The summed E-state index contributed by atoms with van der Waals surface area (Å²) < 4.78 is 0. The van der Waals surface area contributed by atoms with Crippen molar-refractivity contribution in [3.8, 4) is 0 Å². The Bertz CT molecular complexity index is 315. The van der Waals surface area contributed by atoms with Gasteiger partial charge in [-0.25, -0.2) is 0 Å². The summed E-state index contributed by atoms with van der Waals surface area (Å²) in [6.07, 6.45) is 0. The summed E-state index contributed by atoms with van der Waals surface area (Å²) in [6.45, 7) is 10.4. The third-order valence-electron chi connectivity index (χ3n) is 3.07. The molecule has 0 spiro atoms. The van der Waals surface area contributed by atoms with Crippen LogP contribution >= 0.6 is 0 Å². The molecule has 0 saturated heterocycles. The summed E-state index contributed by atoms with van der Waals surface area (Å²) in [5.41, 5.74) is 7.21. The molecule has 1 aromatic carbocycles. The minimum atomic E-state index is 0.00600. The van der Waals surface area contributed by atoms with Gasteiger partial charge in [-0.3, -0.25) is 0 Å². The molecular formula is C14H24N2. The highest BCUT2D eigenvalue weighted by molar-refractivity contribution is 5.24. The van der Waals surface area contributed by atoms with E-state index in [1.165, 1.54) is 5.56 Å². The van der Waals surface area contributed by atoms with Crippen molar-refractivity contribution in [2.45, 2.75) is 38.6 Å². The van der Waals surface area contributed by atoms with E-state index in [2.05, 4.69) is 63.3 Å². The predicted octanol–water partition coefficient (Wildman–Crippen LogP) is 2.29. The average Bonchev–Trinajstić information content (AvgIpc) is 2.28. The maximum absolute atomic E-state index is 5.71. The third kappa shape index (κ3) is 3.62. The molecule has 0 aliphatic carbocycles. The van der Waals surface area contributed by atoms with E-state index in [-0.39, 0.29) is 11.0 Å². The Balaban J connectivity index is 2.66. The highest BCUT2D eigenvalue weighted by atomic mass is 15.0. The first-order valence-corrected chi connectivity index (χ1v) is 5.88. The van der Waals surface area contributed by atoms with Crippen molar-refractivity contribution in [1.82, 2.24) is 5.32 Å². The number of hydrogen-bond donors (Lipinski definition) is 2. The quantitative estimate of drug-likeness (QED) is 0.799.